The third-order valence-electron chi connectivity index (χ3n) is 3.72. The Morgan fingerprint density at radius 2 is 2.00 bits per heavy atom. The SMILES string of the molecule is COc1ccc2[nH]c3c(C)cc(N([O-])O)c(C)c3c2c1. The van der Waals surface area contributed by atoms with Crippen LogP contribution in [0.25, 0.3) is 21.8 Å². The van der Waals surface area contributed by atoms with Gasteiger partial charge in [-0.1, -0.05) is 0 Å². The van der Waals surface area contributed by atoms with Crippen molar-refractivity contribution in [2.45, 2.75) is 13.8 Å². The van der Waals surface area contributed by atoms with Gasteiger partial charge in [-0.2, -0.15) is 0 Å². The first-order chi connectivity index (χ1) is 9.52. The van der Waals surface area contributed by atoms with Gasteiger partial charge in [0.15, 0.2) is 0 Å². The highest BCUT2D eigenvalue weighted by atomic mass is 16.8. The number of anilines is 1. The van der Waals surface area contributed by atoms with Crippen LogP contribution in [0.15, 0.2) is 24.3 Å². The molecule has 0 aliphatic carbocycles. The largest absolute Gasteiger partial charge is 0.733 e. The average Bonchev–Trinajstić information content (AvgIpc) is 2.81. The summed E-state index contributed by atoms with van der Waals surface area (Å²) in [6, 6.07) is 7.43. The summed E-state index contributed by atoms with van der Waals surface area (Å²) < 4.78 is 5.25. The van der Waals surface area contributed by atoms with E-state index in [2.05, 4.69) is 4.98 Å². The van der Waals surface area contributed by atoms with Crippen molar-refractivity contribution in [3.8, 4) is 5.75 Å². The number of aromatic amines is 1. The third kappa shape index (κ3) is 1.71. The van der Waals surface area contributed by atoms with E-state index in [4.69, 9.17) is 4.74 Å². The number of H-pyrrole nitrogens is 1. The van der Waals surface area contributed by atoms with Crippen LogP contribution in [-0.4, -0.2) is 17.3 Å². The topological polar surface area (TPSA) is 71.5 Å². The number of ether oxygens (including phenoxy) is 1. The molecular formula is C15H15N2O3-. The maximum Gasteiger partial charge on any atom is 0.119 e. The minimum Gasteiger partial charge on any atom is -0.733 e. The zero-order chi connectivity index (χ0) is 14.4. The Morgan fingerprint density at radius 1 is 1.25 bits per heavy atom. The summed E-state index contributed by atoms with van der Waals surface area (Å²) in [4.78, 5) is 3.35. The van der Waals surface area contributed by atoms with Gasteiger partial charge in [0.1, 0.15) is 5.75 Å². The molecular weight excluding hydrogens is 256 g/mol. The third-order valence-corrected chi connectivity index (χ3v) is 3.72. The van der Waals surface area contributed by atoms with Gasteiger partial charge >= 0.3 is 0 Å². The van der Waals surface area contributed by atoms with E-state index in [0.29, 0.717) is 0 Å². The van der Waals surface area contributed by atoms with Gasteiger partial charge in [0.25, 0.3) is 0 Å². The lowest BCUT2D eigenvalue weighted by atomic mass is 10.0. The molecule has 1 heterocycles. The number of methoxy groups -OCH3 is 1. The Labute approximate surface area is 115 Å². The van der Waals surface area contributed by atoms with Crippen LogP contribution in [-0.2, 0) is 0 Å². The molecule has 20 heavy (non-hydrogen) atoms. The summed E-state index contributed by atoms with van der Waals surface area (Å²) in [6.45, 7) is 3.73. The number of nitrogens with zero attached hydrogens (tertiary/aromatic N) is 1. The molecule has 0 aliphatic rings. The number of aromatic nitrogens is 1. The van der Waals surface area contributed by atoms with Crippen molar-refractivity contribution in [1.82, 2.24) is 4.98 Å². The predicted molar refractivity (Wildman–Crippen MR) is 79.5 cm³/mol. The van der Waals surface area contributed by atoms with E-state index in [1.165, 1.54) is 0 Å². The molecule has 1 aromatic heterocycles. The number of fused-ring (bicyclic) bond motifs is 3. The molecule has 0 amide bonds. The van der Waals surface area contributed by atoms with E-state index in [0.717, 1.165) is 38.7 Å². The van der Waals surface area contributed by atoms with E-state index in [9.17, 15) is 10.4 Å². The molecule has 104 valence electrons. The summed E-state index contributed by atoms with van der Waals surface area (Å²) in [5.74, 6) is 0.754. The monoisotopic (exact) mass is 271 g/mol. The second-order valence-corrected chi connectivity index (χ2v) is 4.90. The fourth-order valence-electron chi connectivity index (χ4n) is 2.70. The molecule has 0 fully saturated rings. The molecule has 5 heteroatoms. The van der Waals surface area contributed by atoms with Gasteiger partial charge in [0, 0.05) is 21.8 Å². The first-order valence-electron chi connectivity index (χ1n) is 6.28. The van der Waals surface area contributed by atoms with Crippen molar-refractivity contribution in [2.24, 2.45) is 0 Å². The van der Waals surface area contributed by atoms with Gasteiger partial charge in [-0.25, -0.2) is 0 Å². The van der Waals surface area contributed by atoms with E-state index < -0.39 is 0 Å². The first kappa shape index (κ1) is 12.8. The van der Waals surface area contributed by atoms with Crippen molar-refractivity contribution < 1.29 is 9.94 Å². The molecule has 0 aliphatic heterocycles. The predicted octanol–water partition coefficient (Wildman–Crippen LogP) is 3.64. The fourth-order valence-corrected chi connectivity index (χ4v) is 2.70. The minimum atomic E-state index is -0.0826. The molecule has 0 bridgehead atoms. The molecule has 0 unspecified atom stereocenters. The zero-order valence-corrected chi connectivity index (χ0v) is 11.5. The number of hydrogen-bond acceptors (Lipinski definition) is 4. The molecule has 0 saturated heterocycles. The summed E-state index contributed by atoms with van der Waals surface area (Å²) in [5, 5.41) is 22.3. The smallest absolute Gasteiger partial charge is 0.119 e. The molecule has 3 rings (SSSR count). The van der Waals surface area contributed by atoms with Crippen LogP contribution in [0, 0.1) is 19.1 Å². The Balaban J connectivity index is 2.48. The molecule has 2 aromatic carbocycles. The number of hydrogen-bond donors (Lipinski definition) is 2. The summed E-state index contributed by atoms with van der Waals surface area (Å²) in [5.41, 5.74) is 3.85. The second-order valence-electron chi connectivity index (χ2n) is 4.90. The Bertz CT molecular complexity index is 806. The van der Waals surface area contributed by atoms with Gasteiger partial charge in [0.05, 0.1) is 12.8 Å². The van der Waals surface area contributed by atoms with Gasteiger partial charge in [-0.15, -0.1) is 0 Å². The molecule has 0 spiro atoms. The molecule has 5 nitrogen and oxygen atoms in total. The normalized spacial score (nSPS) is 11.2. The molecule has 0 atom stereocenters. The van der Waals surface area contributed by atoms with Crippen LogP contribution in [0.4, 0.5) is 5.69 Å². The molecule has 0 saturated carbocycles. The lowest BCUT2D eigenvalue weighted by Gasteiger charge is -2.24. The molecule has 3 aromatic rings. The number of nitrogens with one attached hydrogen (secondary N) is 1. The van der Waals surface area contributed by atoms with Gasteiger partial charge in [0.2, 0.25) is 0 Å². The Hall–Kier alpha value is -2.24. The Morgan fingerprint density at radius 3 is 2.65 bits per heavy atom. The van der Waals surface area contributed by atoms with E-state index in [1.807, 2.05) is 32.0 Å². The van der Waals surface area contributed by atoms with Crippen molar-refractivity contribution in [3.63, 3.8) is 0 Å². The standard InChI is InChI=1S/C15H15N2O3/c1-8-6-13(17(18)19)9(2)14-11-7-10(20-3)4-5-12(11)16-15(8)14/h4-7,16,18H,1-3H3/q-1. The quantitative estimate of drug-likeness (QED) is 0.698. The van der Waals surface area contributed by atoms with Crippen LogP contribution >= 0.6 is 0 Å². The van der Waals surface area contributed by atoms with Crippen LogP contribution < -0.4 is 9.96 Å². The van der Waals surface area contributed by atoms with Crippen LogP contribution in [0.3, 0.4) is 0 Å². The second kappa shape index (κ2) is 4.40. The maximum atomic E-state index is 11.3. The highest BCUT2D eigenvalue weighted by molar-refractivity contribution is 6.11. The Kier molecular flexibility index (Phi) is 2.81. The molecule has 0 radical (unpaired) electrons. The van der Waals surface area contributed by atoms with E-state index >= 15 is 0 Å². The molecule has 2 N–H and O–H groups in total. The van der Waals surface area contributed by atoms with E-state index in [-0.39, 0.29) is 10.9 Å². The summed E-state index contributed by atoms with van der Waals surface area (Å²) in [6.07, 6.45) is 0. The van der Waals surface area contributed by atoms with Crippen molar-refractivity contribution >= 4 is 27.5 Å². The van der Waals surface area contributed by atoms with Crippen molar-refractivity contribution in [2.75, 3.05) is 12.3 Å². The van der Waals surface area contributed by atoms with Gasteiger partial charge in [-0.3, -0.25) is 5.21 Å². The minimum absolute atomic E-state index is 0.0826. The van der Waals surface area contributed by atoms with E-state index in [1.54, 1.807) is 13.2 Å². The highest BCUT2D eigenvalue weighted by Gasteiger charge is 2.13. The fraction of sp³-hybridized carbons (Fsp3) is 0.200. The number of rotatable bonds is 2. The van der Waals surface area contributed by atoms with Crippen LogP contribution in [0.5, 0.6) is 5.75 Å². The summed E-state index contributed by atoms with van der Waals surface area (Å²) in [7, 11) is 1.62. The lowest BCUT2D eigenvalue weighted by molar-refractivity contribution is 0.296. The van der Waals surface area contributed by atoms with Crippen LogP contribution in [0.1, 0.15) is 11.1 Å². The van der Waals surface area contributed by atoms with Gasteiger partial charge in [-0.05, 0) is 49.2 Å². The van der Waals surface area contributed by atoms with Crippen molar-refractivity contribution in [1.29, 1.82) is 0 Å². The summed E-state index contributed by atoms with van der Waals surface area (Å²) >= 11 is 0. The van der Waals surface area contributed by atoms with Crippen LogP contribution in [0.2, 0.25) is 0 Å². The van der Waals surface area contributed by atoms with Gasteiger partial charge < -0.3 is 20.2 Å². The number of aryl methyl sites for hydroxylation is 2. The maximum absolute atomic E-state index is 11.3. The lowest BCUT2D eigenvalue weighted by Crippen LogP contribution is -2.09. The zero-order valence-electron chi connectivity index (χ0n) is 11.5. The van der Waals surface area contributed by atoms with Crippen molar-refractivity contribution in [3.05, 3.63) is 40.6 Å². The highest BCUT2D eigenvalue weighted by Crippen LogP contribution is 2.36. The number of benzene rings is 2. The average molecular weight is 271 g/mol. The first-order valence-corrected chi connectivity index (χ1v) is 6.28.